The van der Waals surface area contributed by atoms with E-state index in [1.807, 2.05) is 6.92 Å². The maximum Gasteiger partial charge on any atom is 0.393 e. The lowest BCUT2D eigenvalue weighted by Gasteiger charge is -2.39. The van der Waals surface area contributed by atoms with E-state index in [4.69, 9.17) is 0 Å². The Bertz CT molecular complexity index is 774. The maximum absolute atomic E-state index is 13.4. The molecule has 1 aliphatic rings. The Kier molecular flexibility index (Phi) is 6.05. The lowest BCUT2D eigenvalue weighted by Crippen LogP contribution is -2.48. The van der Waals surface area contributed by atoms with Crippen molar-refractivity contribution >= 4 is 15.7 Å². The number of halogens is 3. The minimum absolute atomic E-state index is 0.00972. The normalized spacial score (nSPS) is 21.5. The number of benzene rings is 1. The molecule has 0 aromatic heterocycles. The number of carbonyl (C=O) groups excluding carboxylic acids is 1. The molecule has 2 atom stereocenters. The lowest BCUT2D eigenvalue weighted by molar-refractivity contribution is -0.195. The van der Waals surface area contributed by atoms with E-state index in [1.165, 1.54) is 19.2 Å². The number of carbonyl (C=O) groups is 1. The van der Waals surface area contributed by atoms with Gasteiger partial charge in [-0.3, -0.25) is 4.79 Å². The number of nitrogens with zero attached hydrogens (tertiary/aromatic N) is 1. The molecule has 8 heteroatoms. The molecule has 1 aromatic carbocycles. The van der Waals surface area contributed by atoms with Crippen LogP contribution in [0.3, 0.4) is 0 Å². The fourth-order valence-corrected chi connectivity index (χ4v) is 4.24. The minimum atomic E-state index is -4.36. The predicted molar refractivity (Wildman–Crippen MR) is 92.8 cm³/mol. The number of hydrogen-bond acceptors (Lipinski definition) is 3. The summed E-state index contributed by atoms with van der Waals surface area (Å²) in [6, 6.07) is 3.32. The van der Waals surface area contributed by atoms with Crippen LogP contribution in [0.2, 0.25) is 0 Å². The van der Waals surface area contributed by atoms with Crippen LogP contribution in [0.4, 0.5) is 13.2 Å². The monoisotopic (exact) mass is 391 g/mol. The van der Waals surface area contributed by atoms with Gasteiger partial charge in [0.15, 0.2) is 9.84 Å². The quantitative estimate of drug-likeness (QED) is 0.784. The lowest BCUT2D eigenvalue weighted by atomic mass is 9.83. The van der Waals surface area contributed by atoms with Gasteiger partial charge in [-0.15, -0.1) is 0 Å². The third kappa shape index (κ3) is 4.39. The van der Waals surface area contributed by atoms with E-state index in [1.54, 1.807) is 6.07 Å². The molecule has 1 amide bonds. The fourth-order valence-electron chi connectivity index (χ4n) is 3.59. The zero-order valence-corrected chi connectivity index (χ0v) is 16.0. The van der Waals surface area contributed by atoms with E-state index in [9.17, 15) is 26.4 Å². The van der Waals surface area contributed by atoms with Crippen molar-refractivity contribution in [3.8, 4) is 0 Å². The Morgan fingerprint density at radius 1 is 1.23 bits per heavy atom. The predicted octanol–water partition coefficient (Wildman–Crippen LogP) is 3.85. The first-order valence-electron chi connectivity index (χ1n) is 8.63. The van der Waals surface area contributed by atoms with Gasteiger partial charge in [-0.05, 0) is 37.0 Å². The van der Waals surface area contributed by atoms with Gasteiger partial charge in [0.25, 0.3) is 5.91 Å². The van der Waals surface area contributed by atoms with E-state index in [0.717, 1.165) is 11.2 Å². The molecule has 146 valence electrons. The van der Waals surface area contributed by atoms with E-state index in [0.29, 0.717) is 31.2 Å². The Morgan fingerprint density at radius 2 is 1.85 bits per heavy atom. The van der Waals surface area contributed by atoms with Crippen LogP contribution in [0, 0.1) is 5.92 Å². The van der Waals surface area contributed by atoms with Gasteiger partial charge in [0.2, 0.25) is 0 Å². The van der Waals surface area contributed by atoms with Crippen LogP contribution in [-0.4, -0.2) is 44.7 Å². The van der Waals surface area contributed by atoms with E-state index < -0.39 is 33.9 Å². The van der Waals surface area contributed by atoms with Crippen LogP contribution in [0.5, 0.6) is 0 Å². The Hall–Kier alpha value is -1.57. The highest BCUT2D eigenvalue weighted by Gasteiger charge is 2.47. The number of aryl methyl sites for hydroxylation is 1. The van der Waals surface area contributed by atoms with Crippen LogP contribution >= 0.6 is 0 Å². The Balaban J connectivity index is 2.40. The summed E-state index contributed by atoms with van der Waals surface area (Å²) in [6.45, 7) is 1.81. The largest absolute Gasteiger partial charge is 0.393 e. The summed E-state index contributed by atoms with van der Waals surface area (Å²) in [6.07, 6.45) is -1.41. The zero-order valence-electron chi connectivity index (χ0n) is 15.1. The van der Waals surface area contributed by atoms with Crippen LogP contribution < -0.4 is 0 Å². The van der Waals surface area contributed by atoms with Crippen LogP contribution in [0.1, 0.15) is 48.5 Å². The molecule has 0 unspecified atom stereocenters. The second-order valence-corrected chi connectivity index (χ2v) is 8.88. The van der Waals surface area contributed by atoms with Crippen molar-refractivity contribution in [3.63, 3.8) is 0 Å². The third-order valence-electron chi connectivity index (χ3n) is 5.09. The average Bonchev–Trinajstić information content (AvgIpc) is 2.58. The summed E-state index contributed by atoms with van der Waals surface area (Å²) in [5.74, 6) is -2.11. The second kappa shape index (κ2) is 7.58. The second-order valence-electron chi connectivity index (χ2n) is 6.86. The summed E-state index contributed by atoms with van der Waals surface area (Å²) in [4.78, 5) is 14.1. The SMILES string of the molecule is CCc1ccc(S(C)(=O)=O)cc1C(=O)N(C)[C@H]1CCCC[C@H]1C(F)(F)F. The van der Waals surface area contributed by atoms with E-state index >= 15 is 0 Å². The Labute approximate surface area is 152 Å². The van der Waals surface area contributed by atoms with Gasteiger partial charge in [-0.25, -0.2) is 8.42 Å². The summed E-state index contributed by atoms with van der Waals surface area (Å²) in [5, 5.41) is 0. The number of amides is 1. The molecule has 1 aliphatic carbocycles. The minimum Gasteiger partial charge on any atom is -0.338 e. The molecule has 0 radical (unpaired) electrons. The van der Waals surface area contributed by atoms with Crippen molar-refractivity contribution < 1.29 is 26.4 Å². The molecule has 26 heavy (non-hydrogen) atoms. The highest BCUT2D eigenvalue weighted by Crippen LogP contribution is 2.40. The van der Waals surface area contributed by atoms with E-state index in [2.05, 4.69) is 0 Å². The third-order valence-corrected chi connectivity index (χ3v) is 6.20. The molecule has 1 fully saturated rings. The molecule has 2 rings (SSSR count). The first kappa shape index (κ1) is 20.7. The molecule has 1 saturated carbocycles. The molecule has 0 bridgehead atoms. The fraction of sp³-hybridized carbons (Fsp3) is 0.611. The molecule has 0 spiro atoms. The van der Waals surface area contributed by atoms with Crippen molar-refractivity contribution in [3.05, 3.63) is 29.3 Å². The van der Waals surface area contributed by atoms with Crippen LogP contribution in [0.15, 0.2) is 23.1 Å². The van der Waals surface area contributed by atoms with Gasteiger partial charge >= 0.3 is 6.18 Å². The highest BCUT2D eigenvalue weighted by atomic mass is 32.2. The average molecular weight is 391 g/mol. The van der Waals surface area contributed by atoms with Gasteiger partial charge in [0.05, 0.1) is 10.8 Å². The molecule has 4 nitrogen and oxygen atoms in total. The van der Waals surface area contributed by atoms with Crippen molar-refractivity contribution in [1.82, 2.24) is 4.90 Å². The number of alkyl halides is 3. The smallest absolute Gasteiger partial charge is 0.338 e. The molecular weight excluding hydrogens is 367 g/mol. The molecule has 0 N–H and O–H groups in total. The summed E-state index contributed by atoms with van der Waals surface area (Å²) in [7, 11) is -2.14. The van der Waals surface area contributed by atoms with Crippen molar-refractivity contribution in [2.45, 2.75) is 56.1 Å². The molecular formula is C18H24F3NO3S. The van der Waals surface area contributed by atoms with Crippen molar-refractivity contribution in [2.24, 2.45) is 5.92 Å². The number of rotatable bonds is 4. The Morgan fingerprint density at radius 3 is 2.38 bits per heavy atom. The first-order valence-corrected chi connectivity index (χ1v) is 10.5. The summed E-state index contributed by atoms with van der Waals surface area (Å²) < 4.78 is 63.7. The van der Waals surface area contributed by atoms with Gasteiger partial charge < -0.3 is 4.90 Å². The number of hydrogen-bond donors (Lipinski definition) is 0. The maximum atomic E-state index is 13.4. The number of sulfone groups is 1. The van der Waals surface area contributed by atoms with Gasteiger partial charge in [0, 0.05) is 24.9 Å². The molecule has 1 aromatic rings. The standard InChI is InChI=1S/C18H24F3NO3S/c1-4-12-9-10-13(26(3,24)25)11-14(12)17(23)22(2)16-8-6-5-7-15(16)18(19,20)21/h9-11,15-16H,4-8H2,1-3H3/t15-,16+/m1/s1. The van der Waals surface area contributed by atoms with Crippen LogP contribution in [-0.2, 0) is 16.3 Å². The zero-order chi connectivity index (χ0) is 19.7. The van der Waals surface area contributed by atoms with Gasteiger partial charge in [0.1, 0.15) is 0 Å². The first-order chi connectivity index (χ1) is 12.0. The van der Waals surface area contributed by atoms with Gasteiger partial charge in [-0.2, -0.15) is 13.2 Å². The van der Waals surface area contributed by atoms with Crippen LogP contribution in [0.25, 0.3) is 0 Å². The van der Waals surface area contributed by atoms with Crippen molar-refractivity contribution in [1.29, 1.82) is 0 Å². The highest BCUT2D eigenvalue weighted by molar-refractivity contribution is 7.90. The summed E-state index contributed by atoms with van der Waals surface area (Å²) >= 11 is 0. The molecule has 0 aliphatic heterocycles. The molecule has 0 heterocycles. The molecule has 0 saturated heterocycles. The van der Waals surface area contributed by atoms with Crippen molar-refractivity contribution in [2.75, 3.05) is 13.3 Å². The van der Waals surface area contributed by atoms with Gasteiger partial charge in [-0.1, -0.05) is 25.8 Å². The summed E-state index contributed by atoms with van der Waals surface area (Å²) in [5.41, 5.74) is 0.776. The van der Waals surface area contributed by atoms with E-state index in [-0.39, 0.29) is 16.9 Å². The topological polar surface area (TPSA) is 54.5 Å².